The van der Waals surface area contributed by atoms with E-state index in [-0.39, 0.29) is 18.0 Å². The number of hydrogen-bond donors (Lipinski definition) is 1. The summed E-state index contributed by atoms with van der Waals surface area (Å²) >= 11 is 5.98. The minimum absolute atomic E-state index is 0.0293. The fourth-order valence-corrected chi connectivity index (χ4v) is 3.24. The Labute approximate surface area is 154 Å². The fourth-order valence-electron chi connectivity index (χ4n) is 3.06. The van der Waals surface area contributed by atoms with Crippen molar-refractivity contribution in [3.05, 3.63) is 57.2 Å². The number of hydrogen-bond acceptors (Lipinski definition) is 4. The SMILES string of the molecule is O=C(c1cnc(C2CC2)[nH]c1=O)N1CCN(c2cccc(Cl)c2)C(=O)C1. The number of rotatable bonds is 3. The van der Waals surface area contributed by atoms with Gasteiger partial charge in [-0.05, 0) is 31.0 Å². The van der Waals surface area contributed by atoms with Crippen LogP contribution < -0.4 is 10.5 Å². The maximum absolute atomic E-state index is 12.6. The molecule has 1 N–H and O–H groups in total. The number of H-pyrrole nitrogens is 1. The Bertz CT molecular complexity index is 938. The molecule has 1 saturated heterocycles. The molecule has 0 atom stereocenters. The van der Waals surface area contributed by atoms with Gasteiger partial charge in [0.05, 0.1) is 0 Å². The molecule has 2 aliphatic rings. The highest BCUT2D eigenvalue weighted by atomic mass is 35.5. The molecule has 2 heterocycles. The average molecular weight is 373 g/mol. The van der Waals surface area contributed by atoms with Gasteiger partial charge in [-0.15, -0.1) is 0 Å². The Kier molecular flexibility index (Phi) is 4.24. The molecule has 134 valence electrons. The number of aromatic amines is 1. The molecule has 2 fully saturated rings. The van der Waals surface area contributed by atoms with Crippen molar-refractivity contribution < 1.29 is 9.59 Å². The maximum Gasteiger partial charge on any atom is 0.263 e. The minimum Gasteiger partial charge on any atom is -0.327 e. The molecule has 0 unspecified atom stereocenters. The molecule has 1 aliphatic heterocycles. The summed E-state index contributed by atoms with van der Waals surface area (Å²) in [5.41, 5.74) is 0.220. The number of nitrogens with one attached hydrogen (secondary N) is 1. The lowest BCUT2D eigenvalue weighted by molar-refractivity contribution is -0.120. The first kappa shape index (κ1) is 16.8. The van der Waals surface area contributed by atoms with Crippen LogP contribution in [0.3, 0.4) is 0 Å². The molecule has 2 amide bonds. The third-order valence-electron chi connectivity index (χ3n) is 4.64. The van der Waals surface area contributed by atoms with E-state index in [1.165, 1.54) is 11.1 Å². The largest absolute Gasteiger partial charge is 0.327 e. The molecule has 26 heavy (non-hydrogen) atoms. The zero-order valence-corrected chi connectivity index (χ0v) is 14.7. The van der Waals surface area contributed by atoms with E-state index in [4.69, 9.17) is 11.6 Å². The second-order valence-electron chi connectivity index (χ2n) is 6.54. The molecule has 7 nitrogen and oxygen atoms in total. The third kappa shape index (κ3) is 3.22. The summed E-state index contributed by atoms with van der Waals surface area (Å²) in [5.74, 6) is 0.245. The normalized spacial score (nSPS) is 17.5. The van der Waals surface area contributed by atoms with Gasteiger partial charge < -0.3 is 14.8 Å². The number of nitrogens with zero attached hydrogens (tertiary/aromatic N) is 3. The molecule has 8 heteroatoms. The van der Waals surface area contributed by atoms with Crippen molar-refractivity contribution in [1.29, 1.82) is 0 Å². The van der Waals surface area contributed by atoms with Gasteiger partial charge in [0.15, 0.2) is 0 Å². The smallest absolute Gasteiger partial charge is 0.263 e. The van der Waals surface area contributed by atoms with Gasteiger partial charge in [0.1, 0.15) is 17.9 Å². The lowest BCUT2D eigenvalue weighted by Crippen LogP contribution is -2.53. The first-order chi connectivity index (χ1) is 12.5. The number of carbonyl (C=O) groups excluding carboxylic acids is 2. The van der Waals surface area contributed by atoms with Crippen molar-refractivity contribution in [2.45, 2.75) is 18.8 Å². The lowest BCUT2D eigenvalue weighted by Gasteiger charge is -2.34. The van der Waals surface area contributed by atoms with Crippen LogP contribution in [-0.4, -0.2) is 46.3 Å². The highest BCUT2D eigenvalue weighted by molar-refractivity contribution is 6.30. The van der Waals surface area contributed by atoms with E-state index in [9.17, 15) is 14.4 Å². The van der Waals surface area contributed by atoms with Crippen molar-refractivity contribution in [2.75, 3.05) is 24.5 Å². The molecule has 1 aromatic carbocycles. The molecular weight excluding hydrogens is 356 g/mol. The molecule has 0 bridgehead atoms. The van der Waals surface area contributed by atoms with E-state index in [0.717, 1.165) is 12.8 Å². The number of benzene rings is 1. The average Bonchev–Trinajstić information content (AvgIpc) is 3.46. The van der Waals surface area contributed by atoms with Gasteiger partial charge in [-0.3, -0.25) is 14.4 Å². The predicted molar refractivity (Wildman–Crippen MR) is 96.5 cm³/mol. The molecule has 4 rings (SSSR count). The van der Waals surface area contributed by atoms with Crippen molar-refractivity contribution >= 4 is 29.1 Å². The quantitative estimate of drug-likeness (QED) is 0.889. The molecule has 1 aromatic heterocycles. The number of carbonyl (C=O) groups is 2. The van der Waals surface area contributed by atoms with Crippen molar-refractivity contribution in [3.63, 3.8) is 0 Å². The molecular formula is C18H17ClN4O3. The summed E-state index contributed by atoms with van der Waals surface area (Å²) in [6.45, 7) is 0.590. The first-order valence-corrected chi connectivity index (χ1v) is 8.85. The van der Waals surface area contributed by atoms with Gasteiger partial charge in [-0.1, -0.05) is 17.7 Å². The second-order valence-corrected chi connectivity index (χ2v) is 6.97. The number of piperazine rings is 1. The summed E-state index contributed by atoms with van der Waals surface area (Å²) in [6, 6.07) is 7.02. The molecule has 2 aromatic rings. The minimum atomic E-state index is -0.472. The molecule has 0 radical (unpaired) electrons. The Hall–Kier alpha value is -2.67. The molecule has 1 aliphatic carbocycles. The Morgan fingerprint density at radius 2 is 2.04 bits per heavy atom. The number of amides is 2. The van der Waals surface area contributed by atoms with Crippen LogP contribution in [0.1, 0.15) is 34.9 Å². The van der Waals surface area contributed by atoms with Gasteiger partial charge in [-0.2, -0.15) is 0 Å². The predicted octanol–water partition coefficient (Wildman–Crippen LogP) is 1.79. The summed E-state index contributed by atoms with van der Waals surface area (Å²) < 4.78 is 0. The maximum atomic E-state index is 12.6. The standard InChI is InChI=1S/C18H17ClN4O3/c19-12-2-1-3-13(8-12)23-7-6-22(10-15(23)24)18(26)14-9-20-16(11-4-5-11)21-17(14)25/h1-3,8-9,11H,4-7,10H2,(H,20,21,25). The monoisotopic (exact) mass is 372 g/mol. The van der Waals surface area contributed by atoms with Crippen LogP contribution in [-0.2, 0) is 4.79 Å². The zero-order valence-electron chi connectivity index (χ0n) is 13.9. The molecule has 0 spiro atoms. The zero-order chi connectivity index (χ0) is 18.3. The Morgan fingerprint density at radius 1 is 1.23 bits per heavy atom. The number of aromatic nitrogens is 2. The van der Waals surface area contributed by atoms with E-state index in [0.29, 0.717) is 35.5 Å². The molecule has 1 saturated carbocycles. The van der Waals surface area contributed by atoms with E-state index in [1.54, 1.807) is 29.2 Å². The van der Waals surface area contributed by atoms with Crippen molar-refractivity contribution in [3.8, 4) is 0 Å². The van der Waals surface area contributed by atoms with Crippen LogP contribution in [0.2, 0.25) is 5.02 Å². The van der Waals surface area contributed by atoms with Crippen LogP contribution in [0.5, 0.6) is 0 Å². The summed E-state index contributed by atoms with van der Waals surface area (Å²) in [5, 5.41) is 0.544. The van der Waals surface area contributed by atoms with Crippen LogP contribution in [0.15, 0.2) is 35.3 Å². The van der Waals surface area contributed by atoms with E-state index >= 15 is 0 Å². The van der Waals surface area contributed by atoms with Crippen LogP contribution in [0, 0.1) is 0 Å². The summed E-state index contributed by atoms with van der Waals surface area (Å²) in [4.78, 5) is 47.2. The van der Waals surface area contributed by atoms with Crippen LogP contribution >= 0.6 is 11.6 Å². The third-order valence-corrected chi connectivity index (χ3v) is 4.88. The summed E-state index contributed by atoms with van der Waals surface area (Å²) in [7, 11) is 0. The van der Waals surface area contributed by atoms with Gasteiger partial charge in [-0.25, -0.2) is 4.98 Å². The van der Waals surface area contributed by atoms with Crippen LogP contribution in [0.4, 0.5) is 5.69 Å². The van der Waals surface area contributed by atoms with Gasteiger partial charge in [0.2, 0.25) is 5.91 Å². The van der Waals surface area contributed by atoms with Crippen LogP contribution in [0.25, 0.3) is 0 Å². The van der Waals surface area contributed by atoms with Gasteiger partial charge in [0.25, 0.3) is 11.5 Å². The Balaban J connectivity index is 1.49. The van der Waals surface area contributed by atoms with Gasteiger partial charge >= 0.3 is 0 Å². The topological polar surface area (TPSA) is 86.4 Å². The Morgan fingerprint density at radius 3 is 2.69 bits per heavy atom. The van der Waals surface area contributed by atoms with E-state index in [1.807, 2.05) is 0 Å². The highest BCUT2D eigenvalue weighted by Gasteiger charge is 2.31. The van der Waals surface area contributed by atoms with E-state index in [2.05, 4.69) is 9.97 Å². The van der Waals surface area contributed by atoms with E-state index < -0.39 is 11.5 Å². The van der Waals surface area contributed by atoms with Gasteiger partial charge in [0, 0.05) is 35.9 Å². The fraction of sp³-hybridized carbons (Fsp3) is 0.333. The first-order valence-electron chi connectivity index (χ1n) is 8.47. The second kappa shape index (κ2) is 6.57. The summed E-state index contributed by atoms with van der Waals surface area (Å²) in [6.07, 6.45) is 3.34. The number of halogens is 1. The number of anilines is 1. The highest BCUT2D eigenvalue weighted by Crippen LogP contribution is 2.37. The van der Waals surface area contributed by atoms with Crippen molar-refractivity contribution in [1.82, 2.24) is 14.9 Å². The van der Waals surface area contributed by atoms with Crippen molar-refractivity contribution in [2.24, 2.45) is 0 Å². The lowest BCUT2D eigenvalue weighted by atomic mass is 10.2.